The number of H-pyrrole nitrogens is 1. The smallest absolute Gasteiger partial charge is 0.295 e. The van der Waals surface area contributed by atoms with E-state index in [-0.39, 0.29) is 12.3 Å². The highest BCUT2D eigenvalue weighted by Crippen LogP contribution is 2.29. The van der Waals surface area contributed by atoms with E-state index in [0.717, 1.165) is 10.6 Å². The first-order valence-electron chi connectivity index (χ1n) is 8.58. The number of hydrogen-bond donors (Lipinski definition) is 2. The molecule has 7 nitrogen and oxygen atoms in total. The van der Waals surface area contributed by atoms with E-state index in [9.17, 15) is 4.79 Å². The fourth-order valence-electron chi connectivity index (χ4n) is 2.79. The molecule has 0 aliphatic carbocycles. The molecule has 4 aromatic rings. The molecule has 0 radical (unpaired) electrons. The van der Waals surface area contributed by atoms with E-state index in [2.05, 4.69) is 15.0 Å². The molecule has 0 spiro atoms. The van der Waals surface area contributed by atoms with Gasteiger partial charge >= 0.3 is 0 Å². The molecule has 0 saturated carbocycles. The number of fused-ring (bicyclic) bond motifs is 1. The number of aromatic amines is 1. The van der Waals surface area contributed by atoms with Gasteiger partial charge in [-0.15, -0.1) is 0 Å². The molecule has 2 heterocycles. The Kier molecular flexibility index (Phi) is 4.94. The molecule has 2 aromatic carbocycles. The number of imidazole rings is 1. The van der Waals surface area contributed by atoms with Gasteiger partial charge in [0.05, 0.1) is 7.11 Å². The molecule has 4 rings (SSSR count). The van der Waals surface area contributed by atoms with Crippen LogP contribution in [0.1, 0.15) is 10.4 Å². The molecule has 2 aromatic heterocycles. The summed E-state index contributed by atoms with van der Waals surface area (Å²) in [6.45, 7) is 0.127. The third-order valence-corrected chi connectivity index (χ3v) is 5.07. The van der Waals surface area contributed by atoms with Gasteiger partial charge in [-0.3, -0.25) is 4.79 Å². The van der Waals surface area contributed by atoms with Gasteiger partial charge < -0.3 is 15.5 Å². The van der Waals surface area contributed by atoms with Crippen LogP contribution in [0.2, 0.25) is 0 Å². The second-order valence-electron chi connectivity index (χ2n) is 6.07. The molecule has 0 fully saturated rings. The maximum absolute atomic E-state index is 12.6. The number of nitrogen functional groups attached to an aromatic ring is 1. The van der Waals surface area contributed by atoms with Crippen molar-refractivity contribution in [3.8, 4) is 5.75 Å². The summed E-state index contributed by atoms with van der Waals surface area (Å²) < 4.78 is 6.96. The number of ketones is 1. The Hall–Kier alpha value is -3.39. The van der Waals surface area contributed by atoms with Crippen molar-refractivity contribution in [2.45, 2.75) is 16.6 Å². The molecule has 0 aliphatic heterocycles. The topological polar surface area (TPSA) is 97.8 Å². The first-order chi connectivity index (χ1) is 13.6. The molecule has 28 heavy (non-hydrogen) atoms. The van der Waals surface area contributed by atoms with E-state index < -0.39 is 0 Å². The lowest BCUT2D eigenvalue weighted by atomic mass is 10.1. The zero-order chi connectivity index (χ0) is 19.5. The third kappa shape index (κ3) is 3.67. The van der Waals surface area contributed by atoms with Gasteiger partial charge in [-0.1, -0.05) is 46.4 Å². The molecular formula is C20H18N5O2S+. The quantitative estimate of drug-likeness (QED) is 0.387. The summed E-state index contributed by atoms with van der Waals surface area (Å²) in [5.41, 5.74) is 7.84. The Morgan fingerprint density at radius 3 is 2.82 bits per heavy atom. The van der Waals surface area contributed by atoms with E-state index >= 15 is 0 Å². The number of hydrogen-bond acceptors (Lipinski definition) is 6. The molecule has 8 heteroatoms. The minimum Gasteiger partial charge on any atom is -0.497 e. The van der Waals surface area contributed by atoms with E-state index in [1.165, 1.54) is 11.8 Å². The van der Waals surface area contributed by atoms with Crippen molar-refractivity contribution in [1.82, 2.24) is 15.0 Å². The maximum Gasteiger partial charge on any atom is 0.295 e. The Bertz CT molecular complexity index is 1140. The number of carbonyl (C=O) groups is 1. The van der Waals surface area contributed by atoms with Crippen molar-refractivity contribution in [3.63, 3.8) is 0 Å². The van der Waals surface area contributed by atoms with Crippen LogP contribution in [0.3, 0.4) is 0 Å². The summed E-state index contributed by atoms with van der Waals surface area (Å²) in [5, 5.41) is 0.656. The van der Waals surface area contributed by atoms with Gasteiger partial charge in [-0.05, 0) is 30.0 Å². The van der Waals surface area contributed by atoms with Crippen molar-refractivity contribution in [2.24, 2.45) is 0 Å². The average molecular weight is 392 g/mol. The van der Waals surface area contributed by atoms with Gasteiger partial charge in [0.15, 0.2) is 11.3 Å². The van der Waals surface area contributed by atoms with Gasteiger partial charge in [-0.25, -0.2) is 4.57 Å². The van der Waals surface area contributed by atoms with Crippen LogP contribution in [0.25, 0.3) is 11.2 Å². The lowest BCUT2D eigenvalue weighted by molar-refractivity contribution is -0.661. The number of methoxy groups -OCH3 is 1. The number of nitrogens with two attached hydrogens (primary N) is 1. The number of benzene rings is 2. The average Bonchev–Trinajstić information content (AvgIpc) is 3.15. The summed E-state index contributed by atoms with van der Waals surface area (Å²) in [4.78, 5) is 25.6. The number of ether oxygens (including phenoxy) is 1. The van der Waals surface area contributed by atoms with E-state index in [1.54, 1.807) is 30.1 Å². The predicted molar refractivity (Wildman–Crippen MR) is 106 cm³/mol. The van der Waals surface area contributed by atoms with Crippen LogP contribution in [0, 0.1) is 0 Å². The maximum atomic E-state index is 12.6. The second kappa shape index (κ2) is 7.69. The fraction of sp³-hybridized carbons (Fsp3) is 0.100. The van der Waals surface area contributed by atoms with Gasteiger partial charge in [0, 0.05) is 10.5 Å². The lowest BCUT2D eigenvalue weighted by Gasteiger charge is -2.01. The molecule has 0 saturated heterocycles. The Morgan fingerprint density at radius 2 is 2.04 bits per heavy atom. The largest absolute Gasteiger partial charge is 0.497 e. The zero-order valence-electron chi connectivity index (χ0n) is 15.1. The van der Waals surface area contributed by atoms with Crippen molar-refractivity contribution < 1.29 is 14.1 Å². The zero-order valence-corrected chi connectivity index (χ0v) is 15.9. The number of rotatable bonds is 6. The Balaban J connectivity index is 1.65. The normalized spacial score (nSPS) is 10.9. The number of nitrogens with one attached hydrogen (secondary N) is 1. The van der Waals surface area contributed by atoms with Gasteiger partial charge in [0.1, 0.15) is 12.3 Å². The van der Waals surface area contributed by atoms with E-state index in [1.807, 2.05) is 42.5 Å². The molecule has 140 valence electrons. The number of Topliss-reactive ketones (excluding diaryl/α,β-unsaturated/α-hetero) is 1. The highest BCUT2D eigenvalue weighted by Gasteiger charge is 2.21. The minimum atomic E-state index is -0.0246. The molecule has 3 N–H and O–H groups in total. The Labute approximate surface area is 165 Å². The minimum absolute atomic E-state index is 0.0246. The molecule has 0 unspecified atom stereocenters. The summed E-state index contributed by atoms with van der Waals surface area (Å²) >= 11 is 1.45. The van der Waals surface area contributed by atoms with Crippen molar-refractivity contribution in [2.75, 3.05) is 12.8 Å². The highest BCUT2D eigenvalue weighted by atomic mass is 32.2. The number of nitrogens with zero attached hydrogens (tertiary/aromatic N) is 3. The fourth-order valence-corrected chi connectivity index (χ4v) is 3.62. The molecule has 0 aliphatic rings. The van der Waals surface area contributed by atoms with E-state index in [0.29, 0.717) is 27.7 Å². The Morgan fingerprint density at radius 1 is 1.21 bits per heavy atom. The summed E-state index contributed by atoms with van der Waals surface area (Å²) in [5.74, 6) is 1.08. The van der Waals surface area contributed by atoms with E-state index in [4.69, 9.17) is 10.5 Å². The van der Waals surface area contributed by atoms with Gasteiger partial charge in [-0.2, -0.15) is 0 Å². The first kappa shape index (κ1) is 18.0. The molecular weight excluding hydrogens is 374 g/mol. The summed E-state index contributed by atoms with van der Waals surface area (Å²) in [6.07, 6.45) is 1.54. The van der Waals surface area contributed by atoms with Crippen LogP contribution < -0.4 is 15.0 Å². The van der Waals surface area contributed by atoms with Crippen molar-refractivity contribution in [1.29, 1.82) is 0 Å². The van der Waals surface area contributed by atoms with Gasteiger partial charge in [0.2, 0.25) is 17.3 Å². The second-order valence-corrected chi connectivity index (χ2v) is 7.13. The van der Waals surface area contributed by atoms with Crippen LogP contribution in [0.4, 0.5) is 5.82 Å². The predicted octanol–water partition coefficient (Wildman–Crippen LogP) is 2.87. The number of aromatic nitrogens is 4. The molecule has 0 bridgehead atoms. The van der Waals surface area contributed by atoms with Crippen LogP contribution in [-0.4, -0.2) is 27.8 Å². The van der Waals surface area contributed by atoms with Gasteiger partial charge in [0.25, 0.3) is 5.65 Å². The highest BCUT2D eigenvalue weighted by molar-refractivity contribution is 7.99. The van der Waals surface area contributed by atoms with Crippen LogP contribution in [0.5, 0.6) is 5.75 Å². The lowest BCUT2D eigenvalue weighted by Crippen LogP contribution is -2.39. The van der Waals surface area contributed by atoms with Crippen molar-refractivity contribution in [3.05, 3.63) is 66.5 Å². The number of carbonyl (C=O) groups excluding carboxylic acids is 1. The summed E-state index contributed by atoms with van der Waals surface area (Å²) in [7, 11) is 1.63. The van der Waals surface area contributed by atoms with Crippen molar-refractivity contribution >= 4 is 34.5 Å². The third-order valence-electron chi connectivity index (χ3n) is 4.19. The standard InChI is InChI=1S/C20H17N5O2S/c1-27-14-8-5-9-15(10-14)28-20-23-17-18(21)22-12-25(19(17)24-20)11-16(26)13-6-3-2-4-7-13/h2-10,12H,11H2,1H3,(H2,21,23,24)/p+1. The summed E-state index contributed by atoms with van der Waals surface area (Å²) in [6, 6.07) is 16.8. The monoisotopic (exact) mass is 392 g/mol. The van der Waals surface area contributed by atoms with Crippen LogP contribution >= 0.6 is 11.8 Å². The van der Waals surface area contributed by atoms with Crippen LogP contribution in [0.15, 0.2) is 71.0 Å². The molecule has 0 amide bonds. The first-order valence-corrected chi connectivity index (χ1v) is 9.39. The SMILES string of the molecule is COc1cccc(Sc2nc3c([nH]2)c(N)nc[n+]3CC(=O)c2ccccc2)c1. The number of anilines is 1. The van der Waals surface area contributed by atoms with Crippen LogP contribution in [-0.2, 0) is 6.54 Å². The molecule has 0 atom stereocenters.